The first-order valence-electron chi connectivity index (χ1n) is 7.70. The van der Waals surface area contributed by atoms with Crippen LogP contribution in [0.25, 0.3) is 0 Å². The van der Waals surface area contributed by atoms with E-state index in [1.807, 2.05) is 39.6 Å². The molecule has 0 spiro atoms. The van der Waals surface area contributed by atoms with Gasteiger partial charge in [0.1, 0.15) is 5.82 Å². The molecule has 0 bridgehead atoms. The van der Waals surface area contributed by atoms with Gasteiger partial charge in [-0.05, 0) is 44.5 Å². The fourth-order valence-electron chi connectivity index (χ4n) is 2.30. The molecule has 0 aromatic heterocycles. The standard InChI is InChI=1S/C18H25F4N/c1-11(2)13(5)16(10-23(6)12(3)4)15-8-7-14(9-17(15)19)18(20,21)22/h7-9,11-12,16H,5,10H2,1-4,6H3/t16-/m0/s1. The molecule has 1 atom stereocenters. The smallest absolute Gasteiger partial charge is 0.303 e. The molecule has 0 saturated heterocycles. The summed E-state index contributed by atoms with van der Waals surface area (Å²) in [6.45, 7) is 12.5. The van der Waals surface area contributed by atoms with Crippen LogP contribution in [0.1, 0.15) is 44.7 Å². The zero-order chi connectivity index (χ0) is 17.9. The van der Waals surface area contributed by atoms with Gasteiger partial charge in [-0.25, -0.2) is 4.39 Å². The third-order valence-corrected chi connectivity index (χ3v) is 4.24. The zero-order valence-electron chi connectivity index (χ0n) is 14.3. The van der Waals surface area contributed by atoms with Crippen LogP contribution in [-0.4, -0.2) is 24.5 Å². The second kappa shape index (κ2) is 7.47. The Morgan fingerprint density at radius 1 is 1.17 bits per heavy atom. The van der Waals surface area contributed by atoms with Gasteiger partial charge in [0.15, 0.2) is 0 Å². The molecule has 1 aromatic rings. The lowest BCUT2D eigenvalue weighted by Gasteiger charge is -2.30. The molecule has 1 aromatic carbocycles. The van der Waals surface area contributed by atoms with Crippen LogP contribution in [0.15, 0.2) is 30.4 Å². The normalized spacial score (nSPS) is 13.9. The van der Waals surface area contributed by atoms with Crippen molar-refractivity contribution in [3.63, 3.8) is 0 Å². The largest absolute Gasteiger partial charge is 0.416 e. The van der Waals surface area contributed by atoms with Gasteiger partial charge in [0.2, 0.25) is 0 Å². The number of hydrogen-bond acceptors (Lipinski definition) is 1. The molecule has 0 saturated carbocycles. The number of hydrogen-bond donors (Lipinski definition) is 0. The summed E-state index contributed by atoms with van der Waals surface area (Å²) in [4.78, 5) is 2.04. The lowest BCUT2D eigenvalue weighted by Crippen LogP contribution is -2.32. The van der Waals surface area contributed by atoms with Crippen molar-refractivity contribution >= 4 is 0 Å². The SMILES string of the molecule is C=C(C(C)C)[C@H](CN(C)C(C)C)c1ccc(C(F)(F)F)cc1F. The molecule has 1 rings (SSSR count). The van der Waals surface area contributed by atoms with Crippen molar-refractivity contribution in [2.24, 2.45) is 5.92 Å². The number of nitrogens with zero attached hydrogens (tertiary/aromatic N) is 1. The highest BCUT2D eigenvalue weighted by Crippen LogP contribution is 2.35. The Morgan fingerprint density at radius 3 is 2.13 bits per heavy atom. The van der Waals surface area contributed by atoms with Crippen molar-refractivity contribution in [1.82, 2.24) is 4.90 Å². The molecule has 0 aliphatic heterocycles. The van der Waals surface area contributed by atoms with Crippen LogP contribution in [-0.2, 0) is 6.18 Å². The first kappa shape index (κ1) is 19.7. The molecule has 0 heterocycles. The number of rotatable bonds is 6. The van der Waals surface area contributed by atoms with Crippen molar-refractivity contribution in [2.45, 2.75) is 45.8 Å². The van der Waals surface area contributed by atoms with E-state index in [4.69, 9.17) is 0 Å². The number of likely N-dealkylation sites (N-methyl/N-ethyl adjacent to an activating group) is 1. The van der Waals surface area contributed by atoms with Gasteiger partial charge in [-0.1, -0.05) is 32.1 Å². The van der Waals surface area contributed by atoms with E-state index < -0.39 is 17.6 Å². The molecule has 0 unspecified atom stereocenters. The lowest BCUT2D eigenvalue weighted by atomic mass is 9.84. The monoisotopic (exact) mass is 331 g/mol. The average Bonchev–Trinajstić information content (AvgIpc) is 2.42. The summed E-state index contributed by atoms with van der Waals surface area (Å²) >= 11 is 0. The van der Waals surface area contributed by atoms with Gasteiger partial charge < -0.3 is 4.90 Å². The van der Waals surface area contributed by atoms with Gasteiger partial charge in [-0.2, -0.15) is 13.2 Å². The fraction of sp³-hybridized carbons (Fsp3) is 0.556. The molecular weight excluding hydrogens is 306 g/mol. The Hall–Kier alpha value is -1.36. The third-order valence-electron chi connectivity index (χ3n) is 4.24. The van der Waals surface area contributed by atoms with Crippen LogP contribution < -0.4 is 0 Å². The summed E-state index contributed by atoms with van der Waals surface area (Å²) in [5.74, 6) is -1.06. The molecule has 0 radical (unpaired) electrons. The maximum absolute atomic E-state index is 14.3. The van der Waals surface area contributed by atoms with E-state index in [2.05, 4.69) is 6.58 Å². The van der Waals surface area contributed by atoms with Gasteiger partial charge in [-0.15, -0.1) is 0 Å². The molecular formula is C18H25F4N. The molecule has 1 nitrogen and oxygen atoms in total. The van der Waals surface area contributed by atoms with E-state index >= 15 is 0 Å². The second-order valence-electron chi connectivity index (χ2n) is 6.55. The quantitative estimate of drug-likeness (QED) is 0.493. The Morgan fingerprint density at radius 2 is 1.74 bits per heavy atom. The van der Waals surface area contributed by atoms with Gasteiger partial charge in [0.05, 0.1) is 5.56 Å². The van der Waals surface area contributed by atoms with E-state index in [9.17, 15) is 17.6 Å². The second-order valence-corrected chi connectivity index (χ2v) is 6.55. The average molecular weight is 331 g/mol. The Kier molecular flexibility index (Phi) is 6.40. The van der Waals surface area contributed by atoms with Crippen molar-refractivity contribution in [3.05, 3.63) is 47.3 Å². The van der Waals surface area contributed by atoms with Gasteiger partial charge in [0.25, 0.3) is 0 Å². The lowest BCUT2D eigenvalue weighted by molar-refractivity contribution is -0.137. The molecule has 0 fully saturated rings. The molecule has 0 aliphatic carbocycles. The maximum atomic E-state index is 14.3. The van der Waals surface area contributed by atoms with Crippen LogP contribution in [0.3, 0.4) is 0 Å². The summed E-state index contributed by atoms with van der Waals surface area (Å²) in [6, 6.07) is 3.00. The summed E-state index contributed by atoms with van der Waals surface area (Å²) in [7, 11) is 1.91. The van der Waals surface area contributed by atoms with Crippen molar-refractivity contribution in [2.75, 3.05) is 13.6 Å². The van der Waals surface area contributed by atoms with Crippen molar-refractivity contribution < 1.29 is 17.6 Å². The van der Waals surface area contributed by atoms with E-state index in [1.165, 1.54) is 6.07 Å². The minimum Gasteiger partial charge on any atom is -0.303 e. The highest BCUT2D eigenvalue weighted by molar-refractivity contribution is 5.34. The van der Waals surface area contributed by atoms with E-state index in [0.717, 1.165) is 11.6 Å². The number of alkyl halides is 3. The van der Waals surface area contributed by atoms with Crippen LogP contribution in [0.4, 0.5) is 17.6 Å². The Labute approximate surface area is 136 Å². The van der Waals surface area contributed by atoms with E-state index in [-0.39, 0.29) is 23.4 Å². The molecule has 23 heavy (non-hydrogen) atoms. The van der Waals surface area contributed by atoms with Gasteiger partial charge in [0, 0.05) is 18.5 Å². The molecule has 130 valence electrons. The van der Waals surface area contributed by atoms with Gasteiger partial charge >= 0.3 is 6.18 Å². The Bertz CT molecular complexity index is 546. The highest BCUT2D eigenvalue weighted by atomic mass is 19.4. The van der Waals surface area contributed by atoms with Crippen LogP contribution >= 0.6 is 0 Å². The van der Waals surface area contributed by atoms with Crippen LogP contribution in [0.2, 0.25) is 0 Å². The minimum absolute atomic E-state index is 0.113. The summed E-state index contributed by atoms with van der Waals surface area (Å²) in [6.07, 6.45) is -4.54. The van der Waals surface area contributed by atoms with Gasteiger partial charge in [-0.3, -0.25) is 0 Å². The first-order chi connectivity index (χ1) is 10.4. The predicted octanol–water partition coefficient (Wildman–Crippen LogP) is 5.48. The molecule has 5 heteroatoms. The number of halogens is 4. The van der Waals surface area contributed by atoms with E-state index in [0.29, 0.717) is 12.6 Å². The molecule has 0 N–H and O–H groups in total. The Balaban J connectivity index is 3.24. The summed E-state index contributed by atoms with van der Waals surface area (Å²) in [5.41, 5.74) is 0.116. The van der Waals surface area contributed by atoms with Crippen LogP contribution in [0.5, 0.6) is 0 Å². The third kappa shape index (κ3) is 5.06. The summed E-state index contributed by atoms with van der Waals surface area (Å²) in [5, 5.41) is 0. The highest BCUT2D eigenvalue weighted by Gasteiger charge is 2.32. The van der Waals surface area contributed by atoms with Crippen molar-refractivity contribution in [1.29, 1.82) is 0 Å². The topological polar surface area (TPSA) is 3.24 Å². The molecule has 0 amide bonds. The molecule has 0 aliphatic rings. The van der Waals surface area contributed by atoms with Crippen molar-refractivity contribution in [3.8, 4) is 0 Å². The number of benzene rings is 1. The fourth-order valence-corrected chi connectivity index (χ4v) is 2.30. The minimum atomic E-state index is -4.54. The maximum Gasteiger partial charge on any atom is 0.416 e. The zero-order valence-corrected chi connectivity index (χ0v) is 14.3. The van der Waals surface area contributed by atoms with E-state index in [1.54, 1.807) is 0 Å². The summed E-state index contributed by atoms with van der Waals surface area (Å²) < 4.78 is 52.5. The first-order valence-corrected chi connectivity index (χ1v) is 7.70. The predicted molar refractivity (Wildman–Crippen MR) is 85.9 cm³/mol. The van der Waals surface area contributed by atoms with Crippen LogP contribution in [0, 0.1) is 11.7 Å².